The molecule has 0 aliphatic carbocycles. The number of thiazole rings is 1. The number of nitrogens with zero attached hydrogens (tertiary/aromatic N) is 3. The van der Waals surface area contributed by atoms with E-state index in [9.17, 15) is 4.79 Å². The largest absolute Gasteiger partial charge is 0.492 e. The number of fused-ring (bicyclic) bond motifs is 1. The van der Waals surface area contributed by atoms with Crippen LogP contribution in [0.3, 0.4) is 0 Å². The van der Waals surface area contributed by atoms with Gasteiger partial charge in [-0.05, 0) is 25.1 Å². The molecule has 0 spiro atoms. The third-order valence-electron chi connectivity index (χ3n) is 5.61. The van der Waals surface area contributed by atoms with Gasteiger partial charge in [0.15, 0.2) is 10.6 Å². The lowest BCUT2D eigenvalue weighted by atomic mass is 9.93. The molecule has 1 aliphatic rings. The van der Waals surface area contributed by atoms with Crippen molar-refractivity contribution in [2.75, 3.05) is 44.8 Å². The molecule has 4 rings (SSSR count). The molecule has 184 valence electrons. The summed E-state index contributed by atoms with van der Waals surface area (Å²) in [5.41, 5.74) is 0.660. The Labute approximate surface area is 202 Å². The Morgan fingerprint density at radius 3 is 2.76 bits per heavy atom. The second-order valence-electron chi connectivity index (χ2n) is 9.31. The van der Waals surface area contributed by atoms with E-state index in [0.717, 1.165) is 48.8 Å². The maximum Gasteiger partial charge on any atom is 0.322 e. The first-order chi connectivity index (χ1) is 16.2. The fourth-order valence-corrected chi connectivity index (χ4v) is 4.73. The predicted octanol–water partition coefficient (Wildman–Crippen LogP) is 3.52. The van der Waals surface area contributed by atoms with E-state index in [1.165, 1.54) is 11.3 Å². The van der Waals surface area contributed by atoms with Crippen LogP contribution >= 0.6 is 11.3 Å². The van der Waals surface area contributed by atoms with Crippen molar-refractivity contribution in [2.45, 2.75) is 39.3 Å². The number of carbonyl (C=O) groups is 1. The van der Waals surface area contributed by atoms with Gasteiger partial charge in [0, 0.05) is 31.1 Å². The first kappa shape index (κ1) is 24.2. The number of hydrogen-bond acceptors (Lipinski definition) is 8. The standard InChI is InChI=1S/C23H32N6O4S/c1-15(25-22(30)26-20-14-19(33-27-20)23(2,3)4)29-17-6-5-16(13-18(17)34-21(29)24)32-12-9-28-7-10-31-11-8-28/h5-6,13-15,24H,7-12H2,1-4H3,(H2,25,26,27,30). The number of anilines is 1. The summed E-state index contributed by atoms with van der Waals surface area (Å²) in [5, 5.41) is 17.9. The van der Waals surface area contributed by atoms with Crippen LogP contribution in [0.2, 0.25) is 0 Å². The average molecular weight is 489 g/mol. The Morgan fingerprint density at radius 2 is 2.06 bits per heavy atom. The molecular formula is C23H32N6O4S. The normalized spacial score (nSPS) is 15.9. The Hall–Kier alpha value is -2.89. The van der Waals surface area contributed by atoms with E-state index in [1.54, 1.807) is 10.6 Å². The number of benzene rings is 1. The van der Waals surface area contributed by atoms with Crippen molar-refractivity contribution in [1.82, 2.24) is 19.9 Å². The summed E-state index contributed by atoms with van der Waals surface area (Å²) in [4.78, 5) is 15.2. The van der Waals surface area contributed by atoms with Gasteiger partial charge >= 0.3 is 6.03 Å². The molecule has 1 aliphatic heterocycles. The molecule has 2 amide bonds. The molecule has 3 heterocycles. The van der Waals surface area contributed by atoms with E-state index in [1.807, 2.05) is 45.9 Å². The molecular weight excluding hydrogens is 456 g/mol. The van der Waals surface area contributed by atoms with E-state index >= 15 is 0 Å². The number of hydrogen-bond donors (Lipinski definition) is 3. The molecule has 1 aromatic carbocycles. The van der Waals surface area contributed by atoms with Gasteiger partial charge in [0.1, 0.15) is 24.3 Å². The summed E-state index contributed by atoms with van der Waals surface area (Å²) in [5.74, 6) is 1.80. The van der Waals surface area contributed by atoms with Gasteiger partial charge in [-0.3, -0.25) is 20.2 Å². The molecule has 3 aromatic rings. The first-order valence-electron chi connectivity index (χ1n) is 11.4. The lowest BCUT2D eigenvalue weighted by Gasteiger charge is -2.26. The number of nitrogens with one attached hydrogen (secondary N) is 3. The molecule has 1 unspecified atom stereocenters. The SMILES string of the molecule is CC(NC(=O)Nc1cc(C(C)(C)C)on1)n1c(=N)sc2cc(OCCN3CCOCC3)ccc21. The van der Waals surface area contributed by atoms with Gasteiger partial charge in [-0.1, -0.05) is 37.3 Å². The number of ether oxygens (including phenoxy) is 2. The zero-order valence-electron chi connectivity index (χ0n) is 20.0. The van der Waals surface area contributed by atoms with E-state index in [0.29, 0.717) is 23.0 Å². The number of morpholine rings is 1. The monoisotopic (exact) mass is 488 g/mol. The van der Waals surface area contributed by atoms with Crippen LogP contribution in [0.25, 0.3) is 10.2 Å². The lowest BCUT2D eigenvalue weighted by molar-refractivity contribution is 0.0322. The van der Waals surface area contributed by atoms with Gasteiger partial charge in [-0.15, -0.1) is 0 Å². The number of amides is 2. The molecule has 1 saturated heterocycles. The second-order valence-corrected chi connectivity index (χ2v) is 10.3. The van der Waals surface area contributed by atoms with Crippen LogP contribution < -0.4 is 20.2 Å². The summed E-state index contributed by atoms with van der Waals surface area (Å²) in [7, 11) is 0. The minimum Gasteiger partial charge on any atom is -0.492 e. The van der Waals surface area contributed by atoms with E-state index in [4.69, 9.17) is 19.4 Å². The van der Waals surface area contributed by atoms with Crippen molar-refractivity contribution in [2.24, 2.45) is 0 Å². The molecule has 2 aromatic heterocycles. The molecule has 0 saturated carbocycles. The van der Waals surface area contributed by atoms with E-state index in [2.05, 4.69) is 20.7 Å². The molecule has 0 radical (unpaired) electrons. The van der Waals surface area contributed by atoms with Crippen molar-refractivity contribution in [1.29, 1.82) is 5.41 Å². The highest BCUT2D eigenvalue weighted by molar-refractivity contribution is 7.16. The van der Waals surface area contributed by atoms with Crippen molar-refractivity contribution >= 4 is 33.4 Å². The molecule has 34 heavy (non-hydrogen) atoms. The van der Waals surface area contributed by atoms with Crippen LogP contribution in [-0.2, 0) is 10.2 Å². The Morgan fingerprint density at radius 1 is 1.29 bits per heavy atom. The Bertz CT molecular complexity index is 1190. The predicted molar refractivity (Wildman–Crippen MR) is 130 cm³/mol. The van der Waals surface area contributed by atoms with Crippen molar-refractivity contribution < 1.29 is 18.8 Å². The minimum absolute atomic E-state index is 0.201. The number of aromatic nitrogens is 2. The second kappa shape index (κ2) is 10.2. The van der Waals surface area contributed by atoms with Crippen molar-refractivity contribution in [3.05, 3.63) is 34.8 Å². The summed E-state index contributed by atoms with van der Waals surface area (Å²) in [6.45, 7) is 12.7. The van der Waals surface area contributed by atoms with Crippen LogP contribution in [0.5, 0.6) is 5.75 Å². The molecule has 1 atom stereocenters. The first-order valence-corrected chi connectivity index (χ1v) is 12.2. The topological polar surface area (TPSA) is 118 Å². The summed E-state index contributed by atoms with van der Waals surface area (Å²) < 4.78 is 19.3. The molecule has 3 N–H and O–H groups in total. The van der Waals surface area contributed by atoms with Gasteiger partial charge in [0.25, 0.3) is 0 Å². The van der Waals surface area contributed by atoms with E-state index < -0.39 is 12.2 Å². The van der Waals surface area contributed by atoms with Crippen molar-refractivity contribution in [3.63, 3.8) is 0 Å². The van der Waals surface area contributed by atoms with Gasteiger partial charge in [-0.25, -0.2) is 4.79 Å². The number of rotatable bonds is 7. The zero-order chi connectivity index (χ0) is 24.3. The fourth-order valence-electron chi connectivity index (χ4n) is 3.72. The van der Waals surface area contributed by atoms with Crippen LogP contribution in [0.15, 0.2) is 28.8 Å². The van der Waals surface area contributed by atoms with Gasteiger partial charge in [0.2, 0.25) is 0 Å². The number of carbonyl (C=O) groups excluding carboxylic acids is 1. The van der Waals surface area contributed by atoms with E-state index in [-0.39, 0.29) is 5.41 Å². The molecule has 0 bridgehead atoms. The quantitative estimate of drug-likeness (QED) is 0.468. The van der Waals surface area contributed by atoms with Crippen LogP contribution in [0, 0.1) is 5.41 Å². The third kappa shape index (κ3) is 5.78. The average Bonchev–Trinajstić information content (AvgIpc) is 3.37. The molecule has 1 fully saturated rings. The molecule has 11 heteroatoms. The zero-order valence-corrected chi connectivity index (χ0v) is 20.8. The smallest absolute Gasteiger partial charge is 0.322 e. The van der Waals surface area contributed by atoms with Crippen molar-refractivity contribution in [3.8, 4) is 5.75 Å². The molecule has 10 nitrogen and oxygen atoms in total. The fraction of sp³-hybridized carbons (Fsp3) is 0.522. The minimum atomic E-state index is -0.441. The Balaban J connectivity index is 1.37. The van der Waals surface area contributed by atoms with Crippen LogP contribution in [0.4, 0.5) is 10.6 Å². The third-order valence-corrected chi connectivity index (χ3v) is 6.55. The highest BCUT2D eigenvalue weighted by Crippen LogP contribution is 2.26. The van der Waals surface area contributed by atoms with Gasteiger partial charge < -0.3 is 19.3 Å². The summed E-state index contributed by atoms with van der Waals surface area (Å²) >= 11 is 1.34. The van der Waals surface area contributed by atoms with Gasteiger partial charge in [0.05, 0.1) is 23.4 Å². The highest BCUT2D eigenvalue weighted by Gasteiger charge is 2.21. The maximum atomic E-state index is 12.5. The number of urea groups is 1. The summed E-state index contributed by atoms with van der Waals surface area (Å²) in [6.07, 6.45) is -0.441. The Kier molecular flexibility index (Phi) is 7.24. The summed E-state index contributed by atoms with van der Waals surface area (Å²) in [6, 6.07) is 7.08. The maximum absolute atomic E-state index is 12.5. The van der Waals surface area contributed by atoms with Crippen LogP contribution in [0.1, 0.15) is 39.6 Å². The van der Waals surface area contributed by atoms with Gasteiger partial charge in [-0.2, -0.15) is 0 Å². The highest BCUT2D eigenvalue weighted by atomic mass is 32.1. The lowest BCUT2D eigenvalue weighted by Crippen LogP contribution is -2.38. The van der Waals surface area contributed by atoms with Crippen LogP contribution in [-0.4, -0.2) is 60.1 Å².